The van der Waals surface area contributed by atoms with Gasteiger partial charge in [0.05, 0.1) is 0 Å². The number of carboxylic acid groups (broad SMARTS) is 1. The van der Waals surface area contributed by atoms with Crippen LogP contribution in [-0.4, -0.2) is 35.8 Å². The van der Waals surface area contributed by atoms with Crippen LogP contribution >= 0.6 is 0 Å². The summed E-state index contributed by atoms with van der Waals surface area (Å²) in [5, 5.41) is 12.2. The number of imidazole rings is 1. The smallest absolute Gasteiger partial charge is 0.332 e. The first-order valence-electron chi connectivity index (χ1n) is 6.92. The first-order valence-corrected chi connectivity index (χ1v) is 6.92. The zero-order valence-corrected chi connectivity index (χ0v) is 13.0. The molecule has 0 amide bonds. The molecule has 0 aliphatic rings. The van der Waals surface area contributed by atoms with Gasteiger partial charge in [0.2, 0.25) is 5.95 Å². The summed E-state index contributed by atoms with van der Waals surface area (Å²) in [6.45, 7) is 3.47. The van der Waals surface area contributed by atoms with Crippen molar-refractivity contribution in [1.29, 1.82) is 0 Å². The van der Waals surface area contributed by atoms with Gasteiger partial charge in [-0.1, -0.05) is 6.92 Å². The van der Waals surface area contributed by atoms with E-state index in [0.29, 0.717) is 0 Å². The Morgan fingerprint density at radius 3 is 2.50 bits per heavy atom. The van der Waals surface area contributed by atoms with Crippen molar-refractivity contribution in [1.82, 2.24) is 18.7 Å². The average Bonchev–Trinajstić information content (AvgIpc) is 2.80. The van der Waals surface area contributed by atoms with E-state index in [1.54, 1.807) is 0 Å². The molecule has 2 heterocycles. The monoisotopic (exact) mass is 309 g/mol. The summed E-state index contributed by atoms with van der Waals surface area (Å²) >= 11 is 0. The summed E-state index contributed by atoms with van der Waals surface area (Å²) in [5.41, 5.74) is -0.811. The van der Waals surface area contributed by atoms with Crippen LogP contribution in [0, 0.1) is 0 Å². The Morgan fingerprint density at radius 2 is 1.95 bits per heavy atom. The molecule has 9 nitrogen and oxygen atoms in total. The summed E-state index contributed by atoms with van der Waals surface area (Å²) in [5.74, 6) is -0.826. The quantitative estimate of drug-likeness (QED) is 0.786. The van der Waals surface area contributed by atoms with Crippen molar-refractivity contribution in [3.8, 4) is 0 Å². The molecule has 0 saturated carbocycles. The molecule has 2 aromatic rings. The number of rotatable bonds is 5. The normalized spacial score (nSPS) is 12.5. The molecule has 2 rings (SSSR count). The predicted molar refractivity (Wildman–Crippen MR) is 81.2 cm³/mol. The fraction of sp³-hybridized carbons (Fsp3) is 0.538. The van der Waals surface area contributed by atoms with E-state index in [1.807, 2.05) is 13.8 Å². The second-order valence-corrected chi connectivity index (χ2v) is 5.25. The molecule has 0 aliphatic carbocycles. The van der Waals surface area contributed by atoms with Crippen LogP contribution in [0.3, 0.4) is 0 Å². The van der Waals surface area contributed by atoms with Gasteiger partial charge >= 0.3 is 11.7 Å². The molecule has 2 aromatic heterocycles. The van der Waals surface area contributed by atoms with Crippen molar-refractivity contribution < 1.29 is 9.90 Å². The number of fused-ring (bicyclic) bond motifs is 1. The van der Waals surface area contributed by atoms with E-state index in [2.05, 4.69) is 10.3 Å². The second-order valence-electron chi connectivity index (χ2n) is 5.25. The zero-order valence-electron chi connectivity index (χ0n) is 13.0. The summed E-state index contributed by atoms with van der Waals surface area (Å²) in [4.78, 5) is 39.7. The number of aliphatic carboxylic acids is 1. The van der Waals surface area contributed by atoms with Gasteiger partial charge in [-0.15, -0.1) is 0 Å². The molecule has 0 aliphatic heterocycles. The summed E-state index contributed by atoms with van der Waals surface area (Å²) < 4.78 is 3.47. The van der Waals surface area contributed by atoms with Gasteiger partial charge in [0.1, 0.15) is 6.54 Å². The Morgan fingerprint density at radius 1 is 1.32 bits per heavy atom. The van der Waals surface area contributed by atoms with E-state index in [4.69, 9.17) is 5.11 Å². The Bertz CT molecular complexity index is 845. The molecule has 0 aromatic carbocycles. The Hall–Kier alpha value is -2.58. The summed E-state index contributed by atoms with van der Waals surface area (Å²) in [6.07, 6.45) is 0.799. The summed E-state index contributed by atoms with van der Waals surface area (Å²) in [6, 6.07) is 0.0465. The number of aromatic nitrogens is 4. The van der Waals surface area contributed by atoms with E-state index >= 15 is 0 Å². The minimum atomic E-state index is -1.09. The first-order chi connectivity index (χ1) is 10.3. The van der Waals surface area contributed by atoms with Gasteiger partial charge < -0.3 is 10.4 Å². The minimum absolute atomic E-state index is 0.0465. The van der Waals surface area contributed by atoms with Gasteiger partial charge in [-0.3, -0.25) is 23.3 Å². The lowest BCUT2D eigenvalue weighted by Crippen LogP contribution is -2.37. The molecule has 120 valence electrons. The highest BCUT2D eigenvalue weighted by molar-refractivity contribution is 5.77. The van der Waals surface area contributed by atoms with Gasteiger partial charge in [0.25, 0.3) is 5.56 Å². The molecule has 0 saturated heterocycles. The van der Waals surface area contributed by atoms with E-state index in [-0.39, 0.29) is 23.2 Å². The number of nitrogens with one attached hydrogen (secondary N) is 1. The lowest BCUT2D eigenvalue weighted by molar-refractivity contribution is -0.137. The number of hydrogen-bond donors (Lipinski definition) is 2. The van der Waals surface area contributed by atoms with Crippen molar-refractivity contribution in [3.05, 3.63) is 20.8 Å². The molecule has 1 unspecified atom stereocenters. The lowest BCUT2D eigenvalue weighted by Gasteiger charge is -2.13. The van der Waals surface area contributed by atoms with E-state index in [1.165, 1.54) is 23.2 Å². The largest absolute Gasteiger partial charge is 0.480 e. The molecule has 0 radical (unpaired) electrons. The predicted octanol–water partition coefficient (Wildman–Crippen LogP) is -0.271. The van der Waals surface area contributed by atoms with Gasteiger partial charge in [-0.2, -0.15) is 4.98 Å². The fourth-order valence-electron chi connectivity index (χ4n) is 2.17. The molecular weight excluding hydrogens is 290 g/mol. The van der Waals surface area contributed by atoms with Gasteiger partial charge in [0, 0.05) is 20.1 Å². The third-order valence-electron chi connectivity index (χ3n) is 3.63. The Labute approximate surface area is 125 Å². The summed E-state index contributed by atoms with van der Waals surface area (Å²) in [7, 11) is 2.85. The maximum atomic E-state index is 12.3. The van der Waals surface area contributed by atoms with E-state index < -0.39 is 23.8 Å². The van der Waals surface area contributed by atoms with Crippen molar-refractivity contribution in [2.24, 2.45) is 14.1 Å². The average molecular weight is 309 g/mol. The maximum Gasteiger partial charge on any atom is 0.332 e. The number of anilines is 1. The van der Waals surface area contributed by atoms with Crippen LogP contribution in [0.1, 0.15) is 20.3 Å². The zero-order chi connectivity index (χ0) is 16.6. The number of aryl methyl sites for hydroxylation is 1. The maximum absolute atomic E-state index is 12.3. The third-order valence-corrected chi connectivity index (χ3v) is 3.63. The van der Waals surface area contributed by atoms with Crippen LogP contribution in [0.25, 0.3) is 11.2 Å². The Balaban J connectivity index is 2.83. The lowest BCUT2D eigenvalue weighted by atomic mass is 10.3. The highest BCUT2D eigenvalue weighted by Crippen LogP contribution is 2.16. The van der Waals surface area contributed by atoms with Gasteiger partial charge in [-0.05, 0) is 13.3 Å². The van der Waals surface area contributed by atoms with Crippen LogP contribution in [0.2, 0.25) is 0 Å². The standard InChI is InChI=1S/C13H19N5O4/c1-5-7(2)14-12-15-10-9(18(12)6-8(19)20)11(21)17(4)13(22)16(10)3/h7H,5-6H2,1-4H3,(H,14,15)(H,19,20). The van der Waals surface area contributed by atoms with Crippen LogP contribution in [0.4, 0.5) is 5.95 Å². The first kappa shape index (κ1) is 15.8. The molecular formula is C13H19N5O4. The molecule has 1 atom stereocenters. The van der Waals surface area contributed by atoms with Crippen LogP contribution in [-0.2, 0) is 25.4 Å². The van der Waals surface area contributed by atoms with Crippen LogP contribution < -0.4 is 16.6 Å². The van der Waals surface area contributed by atoms with Crippen LogP contribution in [0.5, 0.6) is 0 Å². The van der Waals surface area contributed by atoms with E-state index in [0.717, 1.165) is 11.0 Å². The highest BCUT2D eigenvalue weighted by atomic mass is 16.4. The number of hydrogen-bond acceptors (Lipinski definition) is 5. The second kappa shape index (κ2) is 5.66. The topological polar surface area (TPSA) is 111 Å². The third kappa shape index (κ3) is 2.49. The Kier molecular flexibility index (Phi) is 4.07. The van der Waals surface area contributed by atoms with Crippen molar-refractivity contribution in [3.63, 3.8) is 0 Å². The van der Waals surface area contributed by atoms with Crippen molar-refractivity contribution in [2.45, 2.75) is 32.9 Å². The number of nitrogens with zero attached hydrogens (tertiary/aromatic N) is 4. The molecule has 0 spiro atoms. The molecule has 22 heavy (non-hydrogen) atoms. The molecule has 2 N–H and O–H groups in total. The van der Waals surface area contributed by atoms with E-state index in [9.17, 15) is 14.4 Å². The van der Waals surface area contributed by atoms with Gasteiger partial charge in [-0.25, -0.2) is 4.79 Å². The SMILES string of the molecule is CCC(C)Nc1nc2c(c(=O)n(C)c(=O)n2C)n1CC(=O)O. The van der Waals surface area contributed by atoms with Crippen LogP contribution in [0.15, 0.2) is 9.59 Å². The minimum Gasteiger partial charge on any atom is -0.480 e. The highest BCUT2D eigenvalue weighted by Gasteiger charge is 2.21. The molecule has 0 bridgehead atoms. The van der Waals surface area contributed by atoms with Crippen molar-refractivity contribution in [2.75, 3.05) is 5.32 Å². The van der Waals surface area contributed by atoms with Gasteiger partial charge in [0.15, 0.2) is 11.2 Å². The molecule has 9 heteroatoms. The number of carbonyl (C=O) groups is 1. The fourth-order valence-corrected chi connectivity index (χ4v) is 2.17. The van der Waals surface area contributed by atoms with Crippen molar-refractivity contribution >= 4 is 23.1 Å². The molecule has 0 fully saturated rings. The number of carboxylic acids is 1.